The van der Waals surface area contributed by atoms with Crippen molar-refractivity contribution in [2.45, 2.75) is 27.7 Å². The third-order valence-electron chi connectivity index (χ3n) is 0.910. The van der Waals surface area contributed by atoms with Crippen LogP contribution in [0.1, 0.15) is 27.7 Å². The quantitative estimate of drug-likeness (QED) is 0.492. The van der Waals surface area contributed by atoms with Gasteiger partial charge >= 0.3 is 5.95 Å². The topological polar surface area (TPSA) is 29.5 Å². The summed E-state index contributed by atoms with van der Waals surface area (Å²) in [6.07, 6.45) is 1.78. The summed E-state index contributed by atoms with van der Waals surface area (Å²) in [5, 5.41) is 8.96. The van der Waals surface area contributed by atoms with E-state index in [4.69, 9.17) is 9.84 Å². The SMILES string of the molecule is CCOC(O)=C=CC(C)(C)C. The molecule has 0 rings (SSSR count). The lowest BCUT2D eigenvalue weighted by Gasteiger charge is -2.08. The van der Waals surface area contributed by atoms with Crippen molar-refractivity contribution >= 4 is 0 Å². The van der Waals surface area contributed by atoms with E-state index in [1.165, 1.54) is 0 Å². The molecule has 1 N–H and O–H groups in total. The molecule has 64 valence electrons. The Morgan fingerprint density at radius 3 is 2.45 bits per heavy atom. The summed E-state index contributed by atoms with van der Waals surface area (Å²) in [5.74, 6) is -0.137. The van der Waals surface area contributed by atoms with Crippen molar-refractivity contribution in [2.24, 2.45) is 5.41 Å². The standard InChI is InChI=1S/C9H16O2/c1-5-11-8(10)6-7-9(2,3)4/h7,10H,5H2,1-4H3. The summed E-state index contributed by atoms with van der Waals surface area (Å²) in [6, 6.07) is 0. The molecule has 2 heteroatoms. The van der Waals surface area contributed by atoms with Crippen LogP contribution in [0, 0.1) is 5.41 Å². The highest BCUT2D eigenvalue weighted by atomic mass is 16.6. The summed E-state index contributed by atoms with van der Waals surface area (Å²) >= 11 is 0. The van der Waals surface area contributed by atoms with E-state index in [0.29, 0.717) is 6.61 Å². The van der Waals surface area contributed by atoms with Gasteiger partial charge in [0.05, 0.1) is 6.61 Å². The van der Waals surface area contributed by atoms with Gasteiger partial charge in [-0.1, -0.05) is 20.8 Å². The smallest absolute Gasteiger partial charge is 0.324 e. The Kier molecular flexibility index (Phi) is 3.77. The van der Waals surface area contributed by atoms with E-state index in [0.717, 1.165) is 0 Å². The van der Waals surface area contributed by atoms with Crippen LogP contribution < -0.4 is 0 Å². The first-order valence-electron chi connectivity index (χ1n) is 3.75. The van der Waals surface area contributed by atoms with Gasteiger partial charge in [0.25, 0.3) is 0 Å². The molecule has 0 fully saturated rings. The van der Waals surface area contributed by atoms with Crippen molar-refractivity contribution in [3.8, 4) is 0 Å². The van der Waals surface area contributed by atoms with Gasteiger partial charge in [-0.15, -0.1) is 0 Å². The van der Waals surface area contributed by atoms with Crippen LogP contribution in [0.4, 0.5) is 0 Å². The van der Waals surface area contributed by atoms with Gasteiger partial charge in [-0.3, -0.25) is 0 Å². The first-order chi connectivity index (χ1) is 4.95. The maximum absolute atomic E-state index is 8.96. The minimum atomic E-state index is -0.137. The van der Waals surface area contributed by atoms with E-state index in [2.05, 4.69) is 5.73 Å². The fourth-order valence-corrected chi connectivity index (χ4v) is 0.457. The van der Waals surface area contributed by atoms with Crippen LogP contribution in [0.2, 0.25) is 0 Å². The van der Waals surface area contributed by atoms with E-state index >= 15 is 0 Å². The fourth-order valence-electron chi connectivity index (χ4n) is 0.457. The van der Waals surface area contributed by atoms with Gasteiger partial charge < -0.3 is 9.84 Å². The zero-order valence-corrected chi connectivity index (χ0v) is 7.64. The van der Waals surface area contributed by atoms with Gasteiger partial charge in [-0.25, -0.2) is 0 Å². The molecular weight excluding hydrogens is 140 g/mol. The Morgan fingerprint density at radius 1 is 1.55 bits per heavy atom. The molecule has 0 aliphatic rings. The Balaban J connectivity index is 4.16. The molecule has 0 aliphatic heterocycles. The Bertz CT molecular complexity index is 168. The van der Waals surface area contributed by atoms with Gasteiger partial charge in [0.2, 0.25) is 0 Å². The number of aliphatic hydroxyl groups is 1. The highest BCUT2D eigenvalue weighted by molar-refractivity contribution is 4.93. The molecule has 0 unspecified atom stereocenters. The molecular formula is C9H16O2. The molecule has 0 saturated carbocycles. The van der Waals surface area contributed by atoms with Crippen LogP contribution in [-0.4, -0.2) is 11.7 Å². The molecule has 0 atom stereocenters. The van der Waals surface area contributed by atoms with E-state index in [1.54, 1.807) is 6.08 Å². The van der Waals surface area contributed by atoms with Crippen LogP contribution in [0.3, 0.4) is 0 Å². The van der Waals surface area contributed by atoms with Gasteiger partial charge in [0, 0.05) is 0 Å². The highest BCUT2D eigenvalue weighted by Gasteiger charge is 2.03. The Labute approximate surface area is 68.2 Å². The third-order valence-corrected chi connectivity index (χ3v) is 0.910. The molecule has 0 radical (unpaired) electrons. The number of ether oxygens (including phenoxy) is 1. The van der Waals surface area contributed by atoms with Gasteiger partial charge in [-0.05, 0) is 24.1 Å². The van der Waals surface area contributed by atoms with Crippen LogP contribution in [0.15, 0.2) is 17.8 Å². The highest BCUT2D eigenvalue weighted by Crippen LogP contribution is 2.13. The average molecular weight is 156 g/mol. The van der Waals surface area contributed by atoms with Gasteiger partial charge in [-0.2, -0.15) is 0 Å². The maximum Gasteiger partial charge on any atom is 0.324 e. The number of allylic oxidation sites excluding steroid dienone is 1. The van der Waals surface area contributed by atoms with Crippen molar-refractivity contribution in [3.63, 3.8) is 0 Å². The van der Waals surface area contributed by atoms with Crippen LogP contribution in [0.5, 0.6) is 0 Å². The summed E-state index contributed by atoms with van der Waals surface area (Å²) in [4.78, 5) is 0. The minimum absolute atomic E-state index is 0.0328. The predicted molar refractivity (Wildman–Crippen MR) is 45.3 cm³/mol. The zero-order valence-electron chi connectivity index (χ0n) is 7.64. The van der Waals surface area contributed by atoms with Crippen molar-refractivity contribution in [3.05, 3.63) is 17.8 Å². The van der Waals surface area contributed by atoms with Crippen LogP contribution in [-0.2, 0) is 4.74 Å². The predicted octanol–water partition coefficient (Wildman–Crippen LogP) is 2.62. The minimum Gasteiger partial charge on any atom is -0.475 e. The second kappa shape index (κ2) is 4.09. The number of hydrogen-bond acceptors (Lipinski definition) is 2. The number of aliphatic hydroxyl groups excluding tert-OH is 1. The molecule has 11 heavy (non-hydrogen) atoms. The molecule has 0 heterocycles. The summed E-state index contributed by atoms with van der Waals surface area (Å²) in [6.45, 7) is 8.36. The van der Waals surface area contributed by atoms with Gasteiger partial charge in [0.1, 0.15) is 0 Å². The lowest BCUT2D eigenvalue weighted by molar-refractivity contribution is 0.103. The molecule has 0 amide bonds. The number of rotatable bonds is 2. The zero-order chi connectivity index (χ0) is 8.91. The van der Waals surface area contributed by atoms with E-state index in [9.17, 15) is 0 Å². The Morgan fingerprint density at radius 2 is 2.09 bits per heavy atom. The summed E-state index contributed by atoms with van der Waals surface area (Å²) < 4.78 is 4.77. The molecule has 0 aliphatic carbocycles. The summed E-state index contributed by atoms with van der Waals surface area (Å²) in [5.41, 5.74) is 2.68. The van der Waals surface area contributed by atoms with Crippen molar-refractivity contribution < 1.29 is 9.84 Å². The monoisotopic (exact) mass is 156 g/mol. The molecule has 0 aromatic heterocycles. The third kappa shape index (κ3) is 7.01. The average Bonchev–Trinajstić information content (AvgIpc) is 1.83. The maximum atomic E-state index is 8.96. The number of hydrogen-bond donors (Lipinski definition) is 1. The van der Waals surface area contributed by atoms with E-state index in [1.807, 2.05) is 27.7 Å². The molecule has 2 nitrogen and oxygen atoms in total. The lowest BCUT2D eigenvalue weighted by Crippen LogP contribution is -1.98. The second-order valence-electron chi connectivity index (χ2n) is 3.39. The van der Waals surface area contributed by atoms with Crippen molar-refractivity contribution in [2.75, 3.05) is 6.61 Å². The van der Waals surface area contributed by atoms with Crippen molar-refractivity contribution in [1.82, 2.24) is 0 Å². The first-order valence-corrected chi connectivity index (χ1v) is 3.75. The molecule has 0 aromatic carbocycles. The Hall–Kier alpha value is -0.880. The molecule has 0 saturated heterocycles. The lowest BCUT2D eigenvalue weighted by atomic mass is 9.97. The van der Waals surface area contributed by atoms with Gasteiger partial charge in [0.15, 0.2) is 0 Å². The largest absolute Gasteiger partial charge is 0.475 e. The molecule has 0 bridgehead atoms. The summed E-state index contributed by atoms with van der Waals surface area (Å²) in [7, 11) is 0. The van der Waals surface area contributed by atoms with E-state index < -0.39 is 0 Å². The van der Waals surface area contributed by atoms with E-state index in [-0.39, 0.29) is 11.4 Å². The van der Waals surface area contributed by atoms with Crippen molar-refractivity contribution in [1.29, 1.82) is 0 Å². The fraction of sp³-hybridized carbons (Fsp3) is 0.667. The second-order valence-corrected chi connectivity index (χ2v) is 3.39. The van der Waals surface area contributed by atoms with Crippen LogP contribution >= 0.6 is 0 Å². The van der Waals surface area contributed by atoms with Crippen LogP contribution in [0.25, 0.3) is 0 Å². The molecule has 0 spiro atoms. The normalized spacial score (nSPS) is 10.2. The first kappa shape index (κ1) is 10.1. The molecule has 0 aromatic rings.